The minimum atomic E-state index is 0.160. The van der Waals surface area contributed by atoms with Crippen molar-refractivity contribution in [1.82, 2.24) is 0 Å². The third-order valence-corrected chi connectivity index (χ3v) is 7.78. The Bertz CT molecular complexity index is 1020. The molecule has 0 bridgehead atoms. The summed E-state index contributed by atoms with van der Waals surface area (Å²) in [4.78, 5) is 0. The van der Waals surface area contributed by atoms with Crippen molar-refractivity contribution in [3.8, 4) is 6.07 Å². The van der Waals surface area contributed by atoms with Crippen LogP contribution in [0.5, 0.6) is 0 Å². The molecule has 0 amide bonds. The zero-order valence-electron chi connectivity index (χ0n) is 27.1. The molecule has 0 saturated heterocycles. The minimum Gasteiger partial charge on any atom is -0.512 e. The highest BCUT2D eigenvalue weighted by Crippen LogP contribution is 2.34. The lowest BCUT2D eigenvalue weighted by molar-refractivity contribution is 0.288. The highest BCUT2D eigenvalue weighted by molar-refractivity contribution is 5.52. The van der Waals surface area contributed by atoms with Gasteiger partial charge in [0, 0.05) is 19.4 Å². The number of aryl methyl sites for hydroxylation is 1. The van der Waals surface area contributed by atoms with E-state index in [-0.39, 0.29) is 12.5 Å². The molecule has 2 rings (SSSR count). The normalized spacial score (nSPS) is 15.0. The number of nitriles is 1. The van der Waals surface area contributed by atoms with Crippen LogP contribution in [0.4, 0.5) is 0 Å². The predicted molar refractivity (Wildman–Crippen MR) is 173 cm³/mol. The van der Waals surface area contributed by atoms with Crippen LogP contribution in [0.25, 0.3) is 0 Å². The molecule has 1 aromatic carbocycles. The van der Waals surface area contributed by atoms with Gasteiger partial charge in [-0.25, -0.2) is 0 Å². The molecule has 2 atom stereocenters. The molecular weight excluding hydrogens is 490 g/mol. The minimum absolute atomic E-state index is 0.160. The first-order chi connectivity index (χ1) is 19.2. The number of allylic oxidation sites excluding steroid dienone is 5. The van der Waals surface area contributed by atoms with Crippen molar-refractivity contribution in [2.45, 2.75) is 138 Å². The molecule has 0 heterocycles. The zero-order chi connectivity index (χ0) is 30.1. The molecule has 3 nitrogen and oxygen atoms in total. The maximum absolute atomic E-state index is 11.4. The van der Waals surface area contributed by atoms with Gasteiger partial charge in [-0.3, -0.25) is 0 Å². The van der Waals surface area contributed by atoms with Crippen LogP contribution in [0.15, 0.2) is 46.8 Å². The Morgan fingerprint density at radius 2 is 1.65 bits per heavy atom. The molecule has 1 aliphatic carbocycles. The fourth-order valence-corrected chi connectivity index (χ4v) is 5.83. The van der Waals surface area contributed by atoms with Crippen molar-refractivity contribution in [2.75, 3.05) is 6.61 Å². The summed E-state index contributed by atoms with van der Waals surface area (Å²) >= 11 is 0. The van der Waals surface area contributed by atoms with Crippen LogP contribution < -0.4 is 0 Å². The van der Waals surface area contributed by atoms with Gasteiger partial charge in [-0.1, -0.05) is 111 Å². The van der Waals surface area contributed by atoms with Gasteiger partial charge in [0.2, 0.25) is 0 Å². The van der Waals surface area contributed by atoms with E-state index in [0.29, 0.717) is 36.9 Å². The largest absolute Gasteiger partial charge is 0.512 e. The summed E-state index contributed by atoms with van der Waals surface area (Å²) in [6.45, 7) is 17.6. The average molecular weight is 550 g/mol. The van der Waals surface area contributed by atoms with E-state index in [4.69, 9.17) is 0 Å². The van der Waals surface area contributed by atoms with Crippen LogP contribution in [-0.4, -0.2) is 16.8 Å². The Balaban J connectivity index is 0.00000391. The van der Waals surface area contributed by atoms with E-state index >= 15 is 0 Å². The molecule has 0 radical (unpaired) electrons. The Labute approximate surface area is 247 Å². The van der Waals surface area contributed by atoms with Crippen LogP contribution in [0.2, 0.25) is 0 Å². The summed E-state index contributed by atoms with van der Waals surface area (Å²) in [6, 6.07) is 6.87. The monoisotopic (exact) mass is 549 g/mol. The lowest BCUT2D eigenvalue weighted by Crippen LogP contribution is -2.07. The number of rotatable bonds is 16. The summed E-state index contributed by atoms with van der Waals surface area (Å²) in [6.07, 6.45) is 16.2. The lowest BCUT2D eigenvalue weighted by Gasteiger charge is -2.20. The smallest absolute Gasteiger partial charge is 0.0998 e. The molecule has 0 aromatic heterocycles. The number of aliphatic hydroxyl groups excluding tert-OH is 2. The number of hydrogen-bond donors (Lipinski definition) is 2. The van der Waals surface area contributed by atoms with E-state index in [9.17, 15) is 15.5 Å². The third kappa shape index (κ3) is 12.1. The van der Waals surface area contributed by atoms with E-state index in [1.54, 1.807) is 0 Å². The van der Waals surface area contributed by atoms with Crippen molar-refractivity contribution in [3.05, 3.63) is 69.0 Å². The first kappa shape index (κ1) is 35.7. The van der Waals surface area contributed by atoms with Crippen molar-refractivity contribution in [3.63, 3.8) is 0 Å². The van der Waals surface area contributed by atoms with E-state index < -0.39 is 0 Å². The molecule has 3 heteroatoms. The standard InChI is InChI=1S/C35H53NO2.C2H6/c1-7-9-12-26(5)17-30-18-28(13-10-8-2)20-32(35(38)22-30)23-31-19-29(14-11-15-37)21-33(34(31)24-36)27(6)16-25(3)4;1-2/h18-21,25-27,37-38H,7-17,22-23H2,1-6H3;1-2H3. The summed E-state index contributed by atoms with van der Waals surface area (Å²) in [5, 5.41) is 31.1. The number of unbranched alkanes of at least 4 members (excludes halogenated alkanes) is 2. The molecule has 0 saturated carbocycles. The van der Waals surface area contributed by atoms with Crippen LogP contribution in [0.3, 0.4) is 0 Å². The van der Waals surface area contributed by atoms with Gasteiger partial charge in [0.15, 0.2) is 0 Å². The fraction of sp³-hybridized carbons (Fsp3) is 0.649. The molecule has 40 heavy (non-hydrogen) atoms. The van der Waals surface area contributed by atoms with Crippen molar-refractivity contribution < 1.29 is 10.2 Å². The van der Waals surface area contributed by atoms with Gasteiger partial charge in [-0.05, 0) is 84.1 Å². The van der Waals surface area contributed by atoms with Crippen LogP contribution >= 0.6 is 0 Å². The topological polar surface area (TPSA) is 64.2 Å². The van der Waals surface area contributed by atoms with Crippen molar-refractivity contribution >= 4 is 0 Å². The Hall–Kier alpha value is -2.31. The first-order valence-electron chi connectivity index (χ1n) is 16.2. The number of hydrogen-bond acceptors (Lipinski definition) is 3. The second-order valence-corrected chi connectivity index (χ2v) is 12.1. The van der Waals surface area contributed by atoms with Gasteiger partial charge in [0.25, 0.3) is 0 Å². The van der Waals surface area contributed by atoms with Gasteiger partial charge in [-0.15, -0.1) is 0 Å². The van der Waals surface area contributed by atoms with Gasteiger partial charge in [0.1, 0.15) is 0 Å². The van der Waals surface area contributed by atoms with E-state index in [1.165, 1.54) is 36.0 Å². The first-order valence-corrected chi connectivity index (χ1v) is 16.2. The number of benzene rings is 1. The van der Waals surface area contributed by atoms with Gasteiger partial charge >= 0.3 is 0 Å². The van der Waals surface area contributed by atoms with E-state index in [1.807, 2.05) is 13.8 Å². The number of aliphatic hydroxyl groups is 2. The third-order valence-electron chi connectivity index (χ3n) is 7.78. The van der Waals surface area contributed by atoms with E-state index in [2.05, 4.69) is 71.9 Å². The van der Waals surface area contributed by atoms with Gasteiger partial charge < -0.3 is 10.2 Å². The molecule has 1 aromatic rings. The maximum Gasteiger partial charge on any atom is 0.0998 e. The highest BCUT2D eigenvalue weighted by Gasteiger charge is 2.20. The second-order valence-electron chi connectivity index (χ2n) is 12.1. The van der Waals surface area contributed by atoms with Crippen molar-refractivity contribution in [1.29, 1.82) is 5.26 Å². The summed E-state index contributed by atoms with van der Waals surface area (Å²) < 4.78 is 0. The van der Waals surface area contributed by atoms with Crippen LogP contribution in [-0.2, 0) is 12.8 Å². The molecule has 0 fully saturated rings. The zero-order valence-corrected chi connectivity index (χ0v) is 27.1. The molecule has 224 valence electrons. The quantitative estimate of drug-likeness (QED) is 0.215. The van der Waals surface area contributed by atoms with Crippen LogP contribution in [0.1, 0.15) is 148 Å². The Morgan fingerprint density at radius 3 is 2.25 bits per heavy atom. The van der Waals surface area contributed by atoms with E-state index in [0.717, 1.165) is 60.8 Å². The molecule has 1 aliphatic rings. The second kappa shape index (κ2) is 19.7. The Morgan fingerprint density at radius 1 is 0.950 bits per heavy atom. The summed E-state index contributed by atoms with van der Waals surface area (Å²) in [5.41, 5.74) is 7.62. The number of nitrogens with zero attached hydrogens (tertiary/aromatic N) is 1. The summed E-state index contributed by atoms with van der Waals surface area (Å²) in [5.74, 6) is 1.89. The molecule has 0 spiro atoms. The molecular formula is C37H59NO2. The maximum atomic E-state index is 11.4. The predicted octanol–water partition coefficient (Wildman–Crippen LogP) is 10.7. The fourth-order valence-electron chi connectivity index (χ4n) is 5.83. The molecule has 2 unspecified atom stereocenters. The molecule has 0 aliphatic heterocycles. The summed E-state index contributed by atoms with van der Waals surface area (Å²) in [7, 11) is 0. The average Bonchev–Trinajstić information content (AvgIpc) is 3.07. The van der Waals surface area contributed by atoms with Crippen LogP contribution in [0, 0.1) is 23.2 Å². The Kier molecular flexibility index (Phi) is 17.6. The SMILES string of the molecule is CC.CCCCC1=CC(Cc2cc(CCCO)cc(C(C)CC(C)C)c2C#N)=C(O)CC(CC(C)CCCC)=C1. The highest BCUT2D eigenvalue weighted by atomic mass is 16.3. The molecule has 2 N–H and O–H groups in total. The van der Waals surface area contributed by atoms with Gasteiger partial charge in [-0.2, -0.15) is 5.26 Å². The van der Waals surface area contributed by atoms with Gasteiger partial charge in [0.05, 0.1) is 17.4 Å². The van der Waals surface area contributed by atoms with Crippen molar-refractivity contribution in [2.24, 2.45) is 11.8 Å². The lowest BCUT2D eigenvalue weighted by atomic mass is 9.84.